The smallest absolute Gasteiger partial charge is 0.160 e. The highest BCUT2D eigenvalue weighted by Crippen LogP contribution is 2.32. The van der Waals surface area contributed by atoms with Crippen molar-refractivity contribution >= 4 is 34.4 Å². The van der Waals surface area contributed by atoms with Crippen LogP contribution < -0.4 is 4.74 Å². The Labute approximate surface area is 136 Å². The number of thioether (sulfide) groups is 1. The third kappa shape index (κ3) is 3.80. The zero-order chi connectivity index (χ0) is 14.5. The van der Waals surface area contributed by atoms with Crippen LogP contribution in [0.15, 0.2) is 47.4 Å². The van der Waals surface area contributed by atoms with Gasteiger partial charge in [0, 0.05) is 14.2 Å². The Kier molecular flexibility index (Phi) is 5.56. The van der Waals surface area contributed by atoms with E-state index in [9.17, 15) is 10.2 Å². The number of aromatic hydroxyl groups is 1. The second-order valence-corrected chi connectivity index (χ2v) is 6.41. The van der Waals surface area contributed by atoms with Gasteiger partial charge in [-0.1, -0.05) is 18.2 Å². The number of halogens is 1. The van der Waals surface area contributed by atoms with Crippen LogP contribution >= 0.6 is 34.4 Å². The standard InChI is InChI=1S/C15H15IO3S/c1-19-14-7-6-10(8-12(14)17)13(18)9-20-15-5-3-2-4-11(15)16/h2-8,13,17-18H,9H2,1H3. The average molecular weight is 402 g/mol. The zero-order valence-corrected chi connectivity index (χ0v) is 13.9. The number of benzene rings is 2. The van der Waals surface area contributed by atoms with Crippen LogP contribution in [0.25, 0.3) is 0 Å². The van der Waals surface area contributed by atoms with Crippen LogP contribution in [0.3, 0.4) is 0 Å². The topological polar surface area (TPSA) is 49.7 Å². The SMILES string of the molecule is COc1ccc(C(O)CSc2ccccc2I)cc1O. The number of rotatable bonds is 5. The number of methoxy groups -OCH3 is 1. The summed E-state index contributed by atoms with van der Waals surface area (Å²) in [4.78, 5) is 1.14. The quantitative estimate of drug-likeness (QED) is 0.590. The summed E-state index contributed by atoms with van der Waals surface area (Å²) in [7, 11) is 1.50. The van der Waals surface area contributed by atoms with Gasteiger partial charge < -0.3 is 14.9 Å². The molecule has 0 amide bonds. The molecule has 5 heteroatoms. The van der Waals surface area contributed by atoms with Crippen LogP contribution in [-0.2, 0) is 0 Å². The van der Waals surface area contributed by atoms with E-state index in [-0.39, 0.29) is 5.75 Å². The van der Waals surface area contributed by atoms with Crippen molar-refractivity contribution in [2.75, 3.05) is 12.9 Å². The Hall–Kier alpha value is -0.920. The van der Waals surface area contributed by atoms with Gasteiger partial charge in [0.25, 0.3) is 0 Å². The summed E-state index contributed by atoms with van der Waals surface area (Å²) in [6, 6.07) is 13.0. The molecule has 1 atom stereocenters. The molecule has 0 heterocycles. The van der Waals surface area contributed by atoms with Gasteiger partial charge in [0.05, 0.1) is 13.2 Å². The van der Waals surface area contributed by atoms with E-state index in [1.165, 1.54) is 10.7 Å². The Balaban J connectivity index is 2.03. The second-order valence-electron chi connectivity index (χ2n) is 4.19. The highest BCUT2D eigenvalue weighted by molar-refractivity contribution is 14.1. The molecule has 20 heavy (non-hydrogen) atoms. The molecule has 106 valence electrons. The van der Waals surface area contributed by atoms with Gasteiger partial charge in [-0.25, -0.2) is 0 Å². The second kappa shape index (κ2) is 7.19. The lowest BCUT2D eigenvalue weighted by atomic mass is 10.1. The Morgan fingerprint density at radius 1 is 1.25 bits per heavy atom. The number of phenols is 1. The van der Waals surface area contributed by atoms with Crippen molar-refractivity contribution in [3.05, 3.63) is 51.6 Å². The maximum Gasteiger partial charge on any atom is 0.160 e. The number of hydrogen-bond acceptors (Lipinski definition) is 4. The van der Waals surface area contributed by atoms with E-state index >= 15 is 0 Å². The maximum absolute atomic E-state index is 10.2. The largest absolute Gasteiger partial charge is 0.504 e. The number of phenolic OH excluding ortho intramolecular Hbond substituents is 1. The molecule has 0 fully saturated rings. The van der Waals surface area contributed by atoms with Crippen LogP contribution in [0.2, 0.25) is 0 Å². The predicted octanol–water partition coefficient (Wildman–Crippen LogP) is 3.83. The lowest BCUT2D eigenvalue weighted by Crippen LogP contribution is -2.01. The molecular formula is C15H15IO3S. The maximum atomic E-state index is 10.2. The predicted molar refractivity (Wildman–Crippen MR) is 89.5 cm³/mol. The third-order valence-electron chi connectivity index (χ3n) is 2.82. The molecule has 2 aromatic rings. The summed E-state index contributed by atoms with van der Waals surface area (Å²) >= 11 is 3.87. The van der Waals surface area contributed by atoms with Crippen molar-refractivity contribution in [1.82, 2.24) is 0 Å². The minimum Gasteiger partial charge on any atom is -0.504 e. The number of aliphatic hydroxyl groups excluding tert-OH is 1. The van der Waals surface area contributed by atoms with E-state index in [4.69, 9.17) is 4.74 Å². The zero-order valence-electron chi connectivity index (χ0n) is 10.9. The molecule has 0 aliphatic carbocycles. The number of hydrogen-bond donors (Lipinski definition) is 2. The molecule has 2 N–H and O–H groups in total. The fraction of sp³-hybridized carbons (Fsp3) is 0.200. The molecule has 2 rings (SSSR count). The first kappa shape index (κ1) is 15.5. The highest BCUT2D eigenvalue weighted by Gasteiger charge is 2.12. The van der Waals surface area contributed by atoms with Crippen molar-refractivity contribution in [2.45, 2.75) is 11.0 Å². The molecule has 0 bridgehead atoms. The van der Waals surface area contributed by atoms with Crippen molar-refractivity contribution in [3.63, 3.8) is 0 Å². The van der Waals surface area contributed by atoms with Gasteiger partial charge in [-0.05, 0) is 52.4 Å². The molecule has 0 aliphatic rings. The van der Waals surface area contributed by atoms with Gasteiger partial charge in [0.15, 0.2) is 11.5 Å². The van der Waals surface area contributed by atoms with Gasteiger partial charge in [-0.15, -0.1) is 11.8 Å². The first-order valence-electron chi connectivity index (χ1n) is 6.04. The van der Waals surface area contributed by atoms with Crippen LogP contribution in [0.5, 0.6) is 11.5 Å². The Morgan fingerprint density at radius 3 is 2.65 bits per heavy atom. The summed E-state index contributed by atoms with van der Waals surface area (Å²) in [6.07, 6.45) is -0.632. The minimum atomic E-state index is -0.632. The summed E-state index contributed by atoms with van der Waals surface area (Å²) in [6.45, 7) is 0. The molecule has 0 saturated carbocycles. The number of ether oxygens (including phenoxy) is 1. The van der Waals surface area contributed by atoms with E-state index in [1.54, 1.807) is 30.0 Å². The molecule has 0 aliphatic heterocycles. The Bertz CT molecular complexity index is 589. The summed E-state index contributed by atoms with van der Waals surface area (Å²) in [5, 5.41) is 19.9. The van der Waals surface area contributed by atoms with Gasteiger partial charge >= 0.3 is 0 Å². The molecule has 3 nitrogen and oxygen atoms in total. The molecule has 1 unspecified atom stereocenters. The molecular weight excluding hydrogens is 387 g/mol. The Morgan fingerprint density at radius 2 is 2.00 bits per heavy atom. The van der Waals surface area contributed by atoms with Gasteiger partial charge in [-0.3, -0.25) is 0 Å². The summed E-state index contributed by atoms with van der Waals surface area (Å²) in [5.74, 6) is 0.987. The van der Waals surface area contributed by atoms with Crippen LogP contribution in [0.4, 0.5) is 0 Å². The average Bonchev–Trinajstić information content (AvgIpc) is 2.46. The van der Waals surface area contributed by atoms with Crippen molar-refractivity contribution < 1.29 is 14.9 Å². The van der Waals surface area contributed by atoms with Gasteiger partial charge in [0.1, 0.15) is 0 Å². The molecule has 2 aromatic carbocycles. The summed E-state index contributed by atoms with van der Waals surface area (Å²) in [5.41, 5.74) is 0.682. The lowest BCUT2D eigenvalue weighted by molar-refractivity contribution is 0.203. The number of aliphatic hydroxyl groups is 1. The van der Waals surface area contributed by atoms with E-state index < -0.39 is 6.10 Å². The van der Waals surface area contributed by atoms with Crippen LogP contribution in [0.1, 0.15) is 11.7 Å². The highest BCUT2D eigenvalue weighted by atomic mass is 127. The van der Waals surface area contributed by atoms with Crippen LogP contribution in [-0.4, -0.2) is 23.1 Å². The van der Waals surface area contributed by atoms with Gasteiger partial charge in [0.2, 0.25) is 0 Å². The molecule has 0 spiro atoms. The van der Waals surface area contributed by atoms with Crippen molar-refractivity contribution in [2.24, 2.45) is 0 Å². The van der Waals surface area contributed by atoms with Crippen molar-refractivity contribution in [1.29, 1.82) is 0 Å². The first-order chi connectivity index (χ1) is 9.61. The molecule has 0 aromatic heterocycles. The molecule has 0 saturated heterocycles. The minimum absolute atomic E-state index is 0.0448. The van der Waals surface area contributed by atoms with E-state index in [0.29, 0.717) is 17.1 Å². The molecule has 0 radical (unpaired) electrons. The van der Waals surface area contributed by atoms with Crippen LogP contribution in [0, 0.1) is 3.57 Å². The summed E-state index contributed by atoms with van der Waals surface area (Å²) < 4.78 is 6.15. The monoisotopic (exact) mass is 402 g/mol. The normalized spacial score (nSPS) is 12.2. The first-order valence-corrected chi connectivity index (χ1v) is 8.10. The fourth-order valence-corrected chi connectivity index (χ4v) is 3.51. The van der Waals surface area contributed by atoms with E-state index in [2.05, 4.69) is 22.6 Å². The lowest BCUT2D eigenvalue weighted by Gasteiger charge is -2.13. The third-order valence-corrected chi connectivity index (χ3v) is 5.28. The fourth-order valence-electron chi connectivity index (χ4n) is 1.74. The van der Waals surface area contributed by atoms with E-state index in [1.807, 2.05) is 24.3 Å². The van der Waals surface area contributed by atoms with Gasteiger partial charge in [-0.2, -0.15) is 0 Å². The van der Waals surface area contributed by atoms with Crippen molar-refractivity contribution in [3.8, 4) is 11.5 Å². The van der Waals surface area contributed by atoms with E-state index in [0.717, 1.165) is 4.90 Å².